The smallest absolute Gasteiger partial charge is 0.248 e. The Labute approximate surface area is 154 Å². The number of rotatable bonds is 6. The minimum Gasteiger partial charge on any atom is -0.496 e. The number of hydrogen-bond acceptors (Lipinski definition) is 4. The summed E-state index contributed by atoms with van der Waals surface area (Å²) in [4.78, 5) is 12.1. The quantitative estimate of drug-likeness (QED) is 0.547. The second-order valence-corrected chi connectivity index (χ2v) is 6.03. The molecule has 0 aliphatic heterocycles. The first kappa shape index (κ1) is 18.1. The lowest BCUT2D eigenvalue weighted by Crippen LogP contribution is -2.07. The highest BCUT2D eigenvalue weighted by Crippen LogP contribution is 2.35. The number of hydrogen-bond donors (Lipinski definition) is 1. The predicted molar refractivity (Wildman–Crippen MR) is 103 cm³/mol. The standard InChI is InChI=1S/C18H18INO4/c1-22-15-11-17(24-3)16(23-2)9-12(15)7-8-18(21)20-14-6-4-5-13(19)10-14/h4-11H,1-3H3,(H,20,21)/b8-7+. The van der Waals surface area contributed by atoms with Gasteiger partial charge in [0, 0.05) is 27.0 Å². The van der Waals surface area contributed by atoms with Crippen LogP contribution in [0.1, 0.15) is 5.56 Å². The molecule has 5 nitrogen and oxygen atoms in total. The zero-order valence-electron chi connectivity index (χ0n) is 13.6. The van der Waals surface area contributed by atoms with Gasteiger partial charge in [0.1, 0.15) is 5.75 Å². The van der Waals surface area contributed by atoms with Crippen molar-refractivity contribution in [3.8, 4) is 17.2 Å². The highest BCUT2D eigenvalue weighted by atomic mass is 127. The molecule has 0 heterocycles. The number of methoxy groups -OCH3 is 3. The van der Waals surface area contributed by atoms with Gasteiger partial charge in [0.05, 0.1) is 21.3 Å². The Balaban J connectivity index is 2.19. The zero-order valence-corrected chi connectivity index (χ0v) is 15.8. The maximum absolute atomic E-state index is 12.1. The van der Waals surface area contributed by atoms with Gasteiger partial charge in [-0.15, -0.1) is 0 Å². The molecule has 6 heteroatoms. The van der Waals surface area contributed by atoms with E-state index in [4.69, 9.17) is 14.2 Å². The second kappa shape index (κ2) is 8.58. The minimum atomic E-state index is -0.228. The van der Waals surface area contributed by atoms with E-state index >= 15 is 0 Å². The first-order valence-electron chi connectivity index (χ1n) is 7.12. The fourth-order valence-corrected chi connectivity index (χ4v) is 2.64. The molecule has 0 saturated carbocycles. The molecule has 2 aromatic rings. The van der Waals surface area contributed by atoms with E-state index in [1.165, 1.54) is 6.08 Å². The van der Waals surface area contributed by atoms with Crippen molar-refractivity contribution in [2.45, 2.75) is 0 Å². The highest BCUT2D eigenvalue weighted by Gasteiger charge is 2.10. The zero-order chi connectivity index (χ0) is 17.5. The SMILES string of the molecule is COc1cc(OC)c(OC)cc1/C=C/C(=O)Nc1cccc(I)c1. The predicted octanol–water partition coefficient (Wildman–Crippen LogP) is 3.97. The van der Waals surface area contributed by atoms with Crippen molar-refractivity contribution in [2.75, 3.05) is 26.6 Å². The Hall–Kier alpha value is -2.22. The van der Waals surface area contributed by atoms with E-state index in [1.807, 2.05) is 24.3 Å². The van der Waals surface area contributed by atoms with Crippen molar-refractivity contribution in [3.05, 3.63) is 51.6 Å². The number of halogens is 1. The summed E-state index contributed by atoms with van der Waals surface area (Å²) in [6.07, 6.45) is 3.12. The Morgan fingerprint density at radius 1 is 1.00 bits per heavy atom. The van der Waals surface area contributed by atoms with Crippen LogP contribution in [0.2, 0.25) is 0 Å². The normalized spacial score (nSPS) is 10.5. The van der Waals surface area contributed by atoms with E-state index in [1.54, 1.807) is 39.5 Å². The van der Waals surface area contributed by atoms with E-state index in [0.717, 1.165) is 9.26 Å². The molecule has 2 rings (SSSR count). The molecule has 1 amide bonds. The van der Waals surface area contributed by atoms with Gasteiger partial charge in [-0.1, -0.05) is 6.07 Å². The summed E-state index contributed by atoms with van der Waals surface area (Å²) < 4.78 is 16.9. The molecule has 24 heavy (non-hydrogen) atoms. The van der Waals surface area contributed by atoms with Crippen LogP contribution in [0.4, 0.5) is 5.69 Å². The number of carbonyl (C=O) groups is 1. The van der Waals surface area contributed by atoms with Crippen molar-refractivity contribution in [3.63, 3.8) is 0 Å². The first-order valence-corrected chi connectivity index (χ1v) is 8.20. The average molecular weight is 439 g/mol. The maximum Gasteiger partial charge on any atom is 0.248 e. The van der Waals surface area contributed by atoms with Gasteiger partial charge in [-0.05, 0) is 52.9 Å². The van der Waals surface area contributed by atoms with Crippen molar-refractivity contribution in [1.29, 1.82) is 0 Å². The molecule has 1 N–H and O–H groups in total. The molecule has 0 spiro atoms. The van der Waals surface area contributed by atoms with Crippen molar-refractivity contribution in [1.82, 2.24) is 0 Å². The lowest BCUT2D eigenvalue weighted by Gasteiger charge is -2.12. The lowest BCUT2D eigenvalue weighted by molar-refractivity contribution is -0.111. The summed E-state index contributed by atoms with van der Waals surface area (Å²) in [6.45, 7) is 0. The van der Waals surface area contributed by atoms with Gasteiger partial charge >= 0.3 is 0 Å². The average Bonchev–Trinajstić information content (AvgIpc) is 2.59. The van der Waals surface area contributed by atoms with Crippen molar-refractivity contribution in [2.24, 2.45) is 0 Å². The van der Waals surface area contributed by atoms with Gasteiger partial charge in [-0.2, -0.15) is 0 Å². The summed E-state index contributed by atoms with van der Waals surface area (Å²) in [5, 5.41) is 2.81. The van der Waals surface area contributed by atoms with Crippen LogP contribution in [0.3, 0.4) is 0 Å². The van der Waals surface area contributed by atoms with Gasteiger partial charge in [-0.3, -0.25) is 4.79 Å². The molecule has 2 aromatic carbocycles. The van der Waals surface area contributed by atoms with Gasteiger partial charge in [-0.25, -0.2) is 0 Å². The van der Waals surface area contributed by atoms with Crippen LogP contribution in [-0.4, -0.2) is 27.2 Å². The molecular weight excluding hydrogens is 421 g/mol. The Bertz CT molecular complexity index is 759. The summed E-state index contributed by atoms with van der Waals surface area (Å²) in [5.41, 5.74) is 1.46. The van der Waals surface area contributed by atoms with Crippen LogP contribution >= 0.6 is 22.6 Å². The van der Waals surface area contributed by atoms with E-state index < -0.39 is 0 Å². The summed E-state index contributed by atoms with van der Waals surface area (Å²) in [5.74, 6) is 1.49. The van der Waals surface area contributed by atoms with E-state index in [2.05, 4.69) is 27.9 Å². The van der Waals surface area contributed by atoms with Crippen LogP contribution < -0.4 is 19.5 Å². The molecule has 0 fully saturated rings. The van der Waals surface area contributed by atoms with Gasteiger partial charge < -0.3 is 19.5 Å². The molecule has 126 valence electrons. The first-order chi connectivity index (χ1) is 11.6. The summed E-state index contributed by atoms with van der Waals surface area (Å²) in [6, 6.07) is 11.1. The van der Waals surface area contributed by atoms with Gasteiger partial charge in [0.15, 0.2) is 11.5 Å². The summed E-state index contributed by atoms with van der Waals surface area (Å²) >= 11 is 2.19. The maximum atomic E-state index is 12.1. The Morgan fingerprint density at radius 3 is 2.29 bits per heavy atom. The summed E-state index contributed by atoms with van der Waals surface area (Å²) in [7, 11) is 4.67. The van der Waals surface area contributed by atoms with E-state index in [-0.39, 0.29) is 5.91 Å². The van der Waals surface area contributed by atoms with Crippen molar-refractivity contribution < 1.29 is 19.0 Å². The Morgan fingerprint density at radius 2 is 1.67 bits per heavy atom. The van der Waals surface area contributed by atoms with E-state index in [0.29, 0.717) is 22.8 Å². The Kier molecular flexibility index (Phi) is 6.48. The van der Waals surface area contributed by atoms with Crippen LogP contribution in [0.5, 0.6) is 17.2 Å². The molecule has 0 unspecified atom stereocenters. The van der Waals surface area contributed by atoms with Crippen molar-refractivity contribution >= 4 is 40.3 Å². The lowest BCUT2D eigenvalue weighted by atomic mass is 10.1. The van der Waals surface area contributed by atoms with Gasteiger partial charge in [0.2, 0.25) is 5.91 Å². The third kappa shape index (κ3) is 4.64. The number of carbonyl (C=O) groups excluding carboxylic acids is 1. The number of benzene rings is 2. The minimum absolute atomic E-state index is 0.228. The third-order valence-electron chi connectivity index (χ3n) is 3.24. The third-order valence-corrected chi connectivity index (χ3v) is 3.91. The van der Waals surface area contributed by atoms with E-state index in [9.17, 15) is 4.79 Å². The molecule has 0 atom stereocenters. The number of ether oxygens (including phenoxy) is 3. The number of nitrogens with one attached hydrogen (secondary N) is 1. The van der Waals surface area contributed by atoms with Crippen LogP contribution in [0.15, 0.2) is 42.5 Å². The number of anilines is 1. The second-order valence-electron chi connectivity index (χ2n) is 4.78. The topological polar surface area (TPSA) is 56.8 Å². The fourth-order valence-electron chi connectivity index (χ4n) is 2.10. The molecular formula is C18H18INO4. The molecule has 0 radical (unpaired) electrons. The molecule has 0 aliphatic rings. The molecule has 0 bridgehead atoms. The number of amides is 1. The fraction of sp³-hybridized carbons (Fsp3) is 0.167. The van der Waals surface area contributed by atoms with Crippen LogP contribution in [-0.2, 0) is 4.79 Å². The van der Waals surface area contributed by atoms with Crippen LogP contribution in [0.25, 0.3) is 6.08 Å². The monoisotopic (exact) mass is 439 g/mol. The van der Waals surface area contributed by atoms with Crippen LogP contribution in [0, 0.1) is 3.57 Å². The van der Waals surface area contributed by atoms with Gasteiger partial charge in [0.25, 0.3) is 0 Å². The molecule has 0 saturated heterocycles. The molecule has 0 aliphatic carbocycles. The largest absolute Gasteiger partial charge is 0.496 e. The highest BCUT2D eigenvalue weighted by molar-refractivity contribution is 14.1. The molecule has 0 aromatic heterocycles.